The lowest BCUT2D eigenvalue weighted by Crippen LogP contribution is -2.49. The zero-order chi connectivity index (χ0) is 11.9. The van der Waals surface area contributed by atoms with E-state index in [9.17, 15) is 14.7 Å². The molecule has 1 aromatic heterocycles. The Labute approximate surface area is 92.1 Å². The smallest absolute Gasteiger partial charge is 0.286 e. The van der Waals surface area contributed by atoms with Crippen LogP contribution in [0, 0.1) is 6.92 Å². The molecule has 0 aliphatic carbocycles. The summed E-state index contributed by atoms with van der Waals surface area (Å²) in [6.45, 7) is 4.59. The molecule has 2 N–H and O–H groups in total. The topological polar surface area (TPSA) is 74.6 Å². The number of hydrogen-bond donors (Lipinski definition) is 2. The van der Waals surface area contributed by atoms with Crippen LogP contribution in [-0.4, -0.2) is 27.1 Å². The van der Waals surface area contributed by atoms with Gasteiger partial charge in [-0.3, -0.25) is 15.0 Å². The minimum Gasteiger partial charge on any atom is -0.503 e. The molecule has 1 aliphatic heterocycles. The third kappa shape index (κ3) is 1.47. The zero-order valence-electron chi connectivity index (χ0n) is 9.15. The van der Waals surface area contributed by atoms with Gasteiger partial charge < -0.3 is 9.67 Å². The van der Waals surface area contributed by atoms with Crippen molar-refractivity contribution in [3.8, 4) is 5.75 Å². The van der Waals surface area contributed by atoms with Crippen LogP contribution in [0.2, 0.25) is 0 Å². The van der Waals surface area contributed by atoms with E-state index in [-0.39, 0.29) is 5.69 Å². The second-order valence-electron chi connectivity index (χ2n) is 3.75. The highest BCUT2D eigenvalue weighted by Gasteiger charge is 2.26. The molecule has 1 aromatic rings. The number of fused-ring (bicyclic) bond motifs is 1. The van der Waals surface area contributed by atoms with Gasteiger partial charge in [0.2, 0.25) is 5.43 Å². The zero-order valence-corrected chi connectivity index (χ0v) is 9.15. The van der Waals surface area contributed by atoms with Crippen LogP contribution in [0.5, 0.6) is 5.75 Å². The molecule has 16 heavy (non-hydrogen) atoms. The summed E-state index contributed by atoms with van der Waals surface area (Å²) in [5.74, 6) is -0.934. The largest absolute Gasteiger partial charge is 0.503 e. The fourth-order valence-corrected chi connectivity index (χ4v) is 1.73. The van der Waals surface area contributed by atoms with Crippen LogP contribution < -0.4 is 10.9 Å². The molecule has 0 radical (unpaired) electrons. The number of nitrogens with zero attached hydrogens (tertiary/aromatic N) is 2. The second-order valence-corrected chi connectivity index (χ2v) is 3.75. The molecule has 2 rings (SSSR count). The molecule has 0 unspecified atom stereocenters. The number of hydrogen-bond acceptors (Lipinski definition) is 4. The first-order valence-corrected chi connectivity index (χ1v) is 5.03. The van der Waals surface area contributed by atoms with E-state index in [1.807, 2.05) is 6.92 Å². The lowest BCUT2D eigenvalue weighted by Gasteiger charge is -2.30. The van der Waals surface area contributed by atoms with E-state index < -0.39 is 17.1 Å². The van der Waals surface area contributed by atoms with Gasteiger partial charge in [-0.25, -0.2) is 5.01 Å². The van der Waals surface area contributed by atoms with Crippen molar-refractivity contribution in [3.05, 3.63) is 27.7 Å². The standard InChI is InChI=1S/C10H13N3O3/c1-3-13-5-12-4-6(2)8(14)9(15)7(12)10(16)11-13/h4,15H,3,5H2,1-2H3,(H,11,16). The first-order chi connectivity index (χ1) is 7.54. The van der Waals surface area contributed by atoms with Crippen LogP contribution in [0.3, 0.4) is 0 Å². The van der Waals surface area contributed by atoms with Crippen LogP contribution in [0.25, 0.3) is 0 Å². The molecule has 0 bridgehead atoms. The number of aromatic hydroxyl groups is 1. The van der Waals surface area contributed by atoms with E-state index in [0.29, 0.717) is 18.8 Å². The van der Waals surface area contributed by atoms with Gasteiger partial charge in [0, 0.05) is 18.3 Å². The predicted octanol–water partition coefficient (Wildman–Crippen LogP) is -0.200. The van der Waals surface area contributed by atoms with Crippen molar-refractivity contribution in [3.63, 3.8) is 0 Å². The van der Waals surface area contributed by atoms with Gasteiger partial charge in [-0.1, -0.05) is 6.92 Å². The van der Waals surface area contributed by atoms with E-state index in [2.05, 4.69) is 5.43 Å². The SMILES string of the molecule is CCN1Cn2cc(C)c(=O)c(O)c2C(=O)N1. The number of rotatable bonds is 1. The summed E-state index contributed by atoms with van der Waals surface area (Å²) < 4.78 is 1.58. The number of pyridine rings is 1. The van der Waals surface area contributed by atoms with Crippen molar-refractivity contribution in [2.75, 3.05) is 6.54 Å². The van der Waals surface area contributed by atoms with Gasteiger partial charge in [-0.15, -0.1) is 0 Å². The Kier molecular flexibility index (Phi) is 2.43. The van der Waals surface area contributed by atoms with Crippen molar-refractivity contribution in [2.24, 2.45) is 0 Å². The predicted molar refractivity (Wildman–Crippen MR) is 57.0 cm³/mol. The average molecular weight is 223 g/mol. The van der Waals surface area contributed by atoms with E-state index in [4.69, 9.17) is 0 Å². The molecule has 86 valence electrons. The Bertz CT molecular complexity index is 507. The minimum atomic E-state index is -0.494. The van der Waals surface area contributed by atoms with Gasteiger partial charge in [-0.05, 0) is 6.92 Å². The van der Waals surface area contributed by atoms with E-state index in [1.165, 1.54) is 0 Å². The lowest BCUT2D eigenvalue weighted by atomic mass is 10.2. The number of aryl methyl sites for hydroxylation is 1. The third-order valence-corrected chi connectivity index (χ3v) is 2.61. The first kappa shape index (κ1) is 10.7. The maximum absolute atomic E-state index is 11.7. The summed E-state index contributed by atoms with van der Waals surface area (Å²) in [5.41, 5.74) is 2.54. The first-order valence-electron chi connectivity index (χ1n) is 5.03. The summed E-state index contributed by atoms with van der Waals surface area (Å²) >= 11 is 0. The normalized spacial score (nSPS) is 15.8. The highest BCUT2D eigenvalue weighted by atomic mass is 16.3. The quantitative estimate of drug-likeness (QED) is 0.691. The number of carbonyl (C=O) groups excluding carboxylic acids is 1. The highest BCUT2D eigenvalue weighted by molar-refractivity contribution is 5.95. The molecule has 0 spiro atoms. The summed E-state index contributed by atoms with van der Waals surface area (Å²) in [6.07, 6.45) is 1.58. The number of carbonyl (C=O) groups is 1. The van der Waals surface area contributed by atoms with Crippen LogP contribution in [-0.2, 0) is 6.67 Å². The van der Waals surface area contributed by atoms with Crippen LogP contribution >= 0.6 is 0 Å². The van der Waals surface area contributed by atoms with Gasteiger partial charge in [0.25, 0.3) is 5.91 Å². The van der Waals surface area contributed by atoms with Crippen molar-refractivity contribution < 1.29 is 9.90 Å². The summed E-state index contributed by atoms with van der Waals surface area (Å²) in [7, 11) is 0. The van der Waals surface area contributed by atoms with Gasteiger partial charge in [-0.2, -0.15) is 0 Å². The number of amides is 1. The number of aromatic nitrogens is 1. The fourth-order valence-electron chi connectivity index (χ4n) is 1.73. The molecular weight excluding hydrogens is 210 g/mol. The molecule has 6 nitrogen and oxygen atoms in total. The van der Waals surface area contributed by atoms with Crippen molar-refractivity contribution in [2.45, 2.75) is 20.5 Å². The fraction of sp³-hybridized carbons (Fsp3) is 0.400. The monoisotopic (exact) mass is 223 g/mol. The van der Waals surface area contributed by atoms with Gasteiger partial charge in [0.05, 0.1) is 6.67 Å². The van der Waals surface area contributed by atoms with Gasteiger partial charge in [0.15, 0.2) is 11.4 Å². The molecule has 0 fully saturated rings. The van der Waals surface area contributed by atoms with E-state index in [0.717, 1.165) is 0 Å². The molecule has 0 aromatic carbocycles. The molecule has 0 saturated heterocycles. The van der Waals surface area contributed by atoms with E-state index in [1.54, 1.807) is 22.7 Å². The molecule has 1 aliphatic rings. The number of hydrazine groups is 1. The van der Waals surface area contributed by atoms with Crippen LogP contribution in [0.4, 0.5) is 0 Å². The van der Waals surface area contributed by atoms with Crippen molar-refractivity contribution in [1.29, 1.82) is 0 Å². The van der Waals surface area contributed by atoms with Gasteiger partial charge >= 0.3 is 0 Å². The molecule has 0 saturated carbocycles. The molecule has 1 amide bonds. The molecule has 0 atom stereocenters. The van der Waals surface area contributed by atoms with Gasteiger partial charge in [0.1, 0.15) is 0 Å². The van der Waals surface area contributed by atoms with E-state index >= 15 is 0 Å². The molecule has 6 heteroatoms. The second kappa shape index (κ2) is 3.64. The summed E-state index contributed by atoms with van der Waals surface area (Å²) in [4.78, 5) is 23.1. The summed E-state index contributed by atoms with van der Waals surface area (Å²) in [6, 6.07) is 0. The van der Waals surface area contributed by atoms with Crippen molar-refractivity contribution in [1.82, 2.24) is 15.0 Å². The van der Waals surface area contributed by atoms with Crippen molar-refractivity contribution >= 4 is 5.91 Å². The Morgan fingerprint density at radius 3 is 2.81 bits per heavy atom. The Morgan fingerprint density at radius 2 is 2.19 bits per heavy atom. The molecular formula is C10H13N3O3. The Morgan fingerprint density at radius 1 is 1.50 bits per heavy atom. The highest BCUT2D eigenvalue weighted by Crippen LogP contribution is 2.16. The molecule has 2 heterocycles. The maximum Gasteiger partial charge on any atom is 0.286 e. The number of nitrogens with one attached hydrogen (secondary N) is 1. The van der Waals surface area contributed by atoms with Crippen LogP contribution in [0.1, 0.15) is 23.0 Å². The lowest BCUT2D eigenvalue weighted by molar-refractivity contribution is 0.0627. The maximum atomic E-state index is 11.7. The summed E-state index contributed by atoms with van der Waals surface area (Å²) in [5, 5.41) is 11.3. The van der Waals surface area contributed by atoms with Crippen LogP contribution in [0.15, 0.2) is 11.0 Å². The minimum absolute atomic E-state index is 0.0281. The average Bonchev–Trinajstić information content (AvgIpc) is 2.25. The Hall–Kier alpha value is -1.82. The third-order valence-electron chi connectivity index (χ3n) is 2.61. The Balaban J connectivity index is 2.61.